The lowest BCUT2D eigenvalue weighted by molar-refractivity contribution is -0.121. The molecule has 0 atom stereocenters. The van der Waals surface area contributed by atoms with Crippen molar-refractivity contribution in [1.29, 1.82) is 0 Å². The van der Waals surface area contributed by atoms with E-state index in [9.17, 15) is 4.79 Å². The zero-order valence-corrected chi connectivity index (χ0v) is 17.4. The molecule has 1 saturated heterocycles. The summed E-state index contributed by atoms with van der Waals surface area (Å²) < 4.78 is 16.5. The third-order valence-electron chi connectivity index (χ3n) is 4.13. The van der Waals surface area contributed by atoms with Crippen molar-refractivity contribution in [3.63, 3.8) is 0 Å². The van der Waals surface area contributed by atoms with Crippen LogP contribution in [-0.4, -0.2) is 43.1 Å². The summed E-state index contributed by atoms with van der Waals surface area (Å²) >= 11 is 6.65. The van der Waals surface area contributed by atoms with E-state index >= 15 is 0 Å². The summed E-state index contributed by atoms with van der Waals surface area (Å²) in [6, 6.07) is 12.9. The van der Waals surface area contributed by atoms with E-state index in [0.29, 0.717) is 26.5 Å². The molecule has 0 bridgehead atoms. The van der Waals surface area contributed by atoms with E-state index in [-0.39, 0.29) is 12.6 Å². The van der Waals surface area contributed by atoms with Gasteiger partial charge in [-0.15, -0.1) is 0 Å². The molecule has 8 heteroatoms. The summed E-state index contributed by atoms with van der Waals surface area (Å²) in [5, 5.41) is 3.20. The van der Waals surface area contributed by atoms with Crippen molar-refractivity contribution in [2.45, 2.75) is 0 Å². The Kier molecular flexibility index (Phi) is 6.43. The molecule has 0 aliphatic carbocycles. The number of benzene rings is 2. The van der Waals surface area contributed by atoms with Gasteiger partial charge in [0.15, 0.2) is 0 Å². The Morgan fingerprint density at radius 1 is 1.07 bits per heavy atom. The number of thioether (sulfide) groups is 1. The van der Waals surface area contributed by atoms with E-state index in [0.717, 1.165) is 11.3 Å². The highest BCUT2D eigenvalue weighted by Gasteiger charge is 2.32. The van der Waals surface area contributed by atoms with Crippen LogP contribution in [0.3, 0.4) is 0 Å². The molecule has 2 aromatic rings. The van der Waals surface area contributed by atoms with Crippen molar-refractivity contribution in [3.05, 3.63) is 52.9 Å². The lowest BCUT2D eigenvalue weighted by Crippen LogP contribution is -2.33. The number of anilines is 1. The lowest BCUT2D eigenvalue weighted by Gasteiger charge is -2.17. The average Bonchev–Trinajstić information content (AvgIpc) is 2.99. The first-order valence-corrected chi connectivity index (χ1v) is 9.64. The monoisotopic (exact) mass is 416 g/mol. The standard InChI is InChI=1S/C20H20N2O4S2/c1-24-14-8-9-16(25-2)13(10-14)11-18-19(23)22(20(27)28-18)12-21-15-6-4-5-7-17(15)26-3/h4-11,21H,12H2,1-3H3. The molecule has 0 unspecified atom stereocenters. The van der Waals surface area contributed by atoms with E-state index in [1.54, 1.807) is 39.5 Å². The molecule has 0 aromatic heterocycles. The van der Waals surface area contributed by atoms with Crippen LogP contribution in [0.4, 0.5) is 5.69 Å². The summed E-state index contributed by atoms with van der Waals surface area (Å²) in [5.41, 5.74) is 1.54. The molecule has 1 N–H and O–H groups in total. The third kappa shape index (κ3) is 4.23. The van der Waals surface area contributed by atoms with Crippen LogP contribution in [0.5, 0.6) is 17.2 Å². The van der Waals surface area contributed by atoms with Crippen molar-refractivity contribution in [1.82, 2.24) is 4.90 Å². The summed E-state index contributed by atoms with van der Waals surface area (Å²) in [5.74, 6) is 1.87. The van der Waals surface area contributed by atoms with Crippen LogP contribution in [0, 0.1) is 0 Å². The van der Waals surface area contributed by atoms with Gasteiger partial charge in [-0.25, -0.2) is 0 Å². The molecule has 6 nitrogen and oxygen atoms in total. The van der Waals surface area contributed by atoms with Crippen LogP contribution in [0.1, 0.15) is 5.56 Å². The van der Waals surface area contributed by atoms with E-state index in [4.69, 9.17) is 26.4 Å². The van der Waals surface area contributed by atoms with Gasteiger partial charge in [0.25, 0.3) is 5.91 Å². The van der Waals surface area contributed by atoms with Gasteiger partial charge >= 0.3 is 0 Å². The summed E-state index contributed by atoms with van der Waals surface area (Å²) in [7, 11) is 4.78. The fourth-order valence-electron chi connectivity index (χ4n) is 2.68. The van der Waals surface area contributed by atoms with Crippen molar-refractivity contribution in [3.8, 4) is 17.2 Å². The molecule has 0 saturated carbocycles. The average molecular weight is 417 g/mol. The molecule has 0 spiro atoms. The Balaban J connectivity index is 1.79. The van der Waals surface area contributed by atoms with Gasteiger partial charge < -0.3 is 19.5 Å². The molecular weight excluding hydrogens is 396 g/mol. The van der Waals surface area contributed by atoms with Crippen LogP contribution >= 0.6 is 24.0 Å². The molecule has 3 rings (SSSR count). The van der Waals surface area contributed by atoms with Gasteiger partial charge in [0, 0.05) is 5.56 Å². The zero-order valence-electron chi connectivity index (χ0n) is 15.7. The minimum atomic E-state index is -0.165. The second kappa shape index (κ2) is 8.99. The summed E-state index contributed by atoms with van der Waals surface area (Å²) in [6.45, 7) is 0.248. The maximum Gasteiger partial charge on any atom is 0.267 e. The second-order valence-corrected chi connectivity index (χ2v) is 7.43. The minimum Gasteiger partial charge on any atom is -0.497 e. The number of nitrogens with zero attached hydrogens (tertiary/aromatic N) is 1. The van der Waals surface area contributed by atoms with Crippen molar-refractivity contribution < 1.29 is 19.0 Å². The Bertz CT molecular complexity index is 930. The molecule has 1 heterocycles. The Morgan fingerprint density at radius 2 is 1.82 bits per heavy atom. The highest BCUT2D eigenvalue weighted by molar-refractivity contribution is 8.26. The van der Waals surface area contributed by atoms with Crippen molar-refractivity contribution in [2.24, 2.45) is 0 Å². The Morgan fingerprint density at radius 3 is 2.54 bits per heavy atom. The summed E-state index contributed by atoms with van der Waals surface area (Å²) in [6.07, 6.45) is 1.77. The number of rotatable bonds is 7. The molecule has 1 amide bonds. The van der Waals surface area contributed by atoms with E-state index in [1.807, 2.05) is 30.3 Å². The number of carbonyl (C=O) groups is 1. The number of methoxy groups -OCH3 is 3. The molecule has 28 heavy (non-hydrogen) atoms. The normalized spacial score (nSPS) is 15.1. The van der Waals surface area contributed by atoms with Gasteiger partial charge in [-0.05, 0) is 36.4 Å². The largest absolute Gasteiger partial charge is 0.497 e. The number of carbonyl (C=O) groups excluding carboxylic acids is 1. The predicted octanol–water partition coefficient (Wildman–Crippen LogP) is 3.98. The molecule has 2 aromatic carbocycles. The van der Waals surface area contributed by atoms with Crippen molar-refractivity contribution in [2.75, 3.05) is 33.3 Å². The van der Waals surface area contributed by atoms with Gasteiger partial charge in [0.05, 0.1) is 38.6 Å². The molecule has 146 valence electrons. The predicted molar refractivity (Wildman–Crippen MR) is 116 cm³/mol. The van der Waals surface area contributed by atoms with Crippen LogP contribution < -0.4 is 19.5 Å². The molecule has 1 aliphatic rings. The Hall–Kier alpha value is -2.71. The van der Waals surface area contributed by atoms with Crippen LogP contribution in [-0.2, 0) is 4.79 Å². The highest BCUT2D eigenvalue weighted by Crippen LogP contribution is 2.35. The van der Waals surface area contributed by atoms with Crippen LogP contribution in [0.25, 0.3) is 6.08 Å². The fraction of sp³-hybridized carbons (Fsp3) is 0.200. The highest BCUT2D eigenvalue weighted by atomic mass is 32.2. The van der Waals surface area contributed by atoms with E-state index in [1.165, 1.54) is 16.7 Å². The number of amides is 1. The van der Waals surface area contributed by atoms with Crippen LogP contribution in [0.2, 0.25) is 0 Å². The number of nitrogens with one attached hydrogen (secondary N) is 1. The van der Waals surface area contributed by atoms with Crippen LogP contribution in [0.15, 0.2) is 47.4 Å². The molecule has 0 radical (unpaired) electrons. The van der Waals surface area contributed by atoms with Crippen molar-refractivity contribution >= 4 is 46.0 Å². The molecular formula is C20H20N2O4S2. The number of hydrogen-bond donors (Lipinski definition) is 1. The Labute approximate surface area is 173 Å². The lowest BCUT2D eigenvalue weighted by atomic mass is 10.1. The SMILES string of the molecule is COc1ccc(OC)c(C=C2SC(=S)N(CNc3ccccc3OC)C2=O)c1. The maximum absolute atomic E-state index is 12.9. The first-order valence-electron chi connectivity index (χ1n) is 8.41. The molecule has 1 aliphatic heterocycles. The van der Waals surface area contributed by atoms with Gasteiger partial charge in [-0.1, -0.05) is 36.1 Å². The van der Waals surface area contributed by atoms with E-state index < -0.39 is 0 Å². The topological polar surface area (TPSA) is 60.0 Å². The number of ether oxygens (including phenoxy) is 3. The van der Waals surface area contributed by atoms with E-state index in [2.05, 4.69) is 5.32 Å². The fourth-order valence-corrected chi connectivity index (χ4v) is 3.93. The third-order valence-corrected chi connectivity index (χ3v) is 5.51. The molecule has 1 fully saturated rings. The number of para-hydroxylation sites is 2. The van der Waals surface area contributed by atoms with Gasteiger partial charge in [-0.3, -0.25) is 9.69 Å². The smallest absolute Gasteiger partial charge is 0.267 e. The number of thiocarbonyl (C=S) groups is 1. The maximum atomic E-state index is 12.9. The number of hydrogen-bond acceptors (Lipinski definition) is 7. The summed E-state index contributed by atoms with van der Waals surface area (Å²) in [4.78, 5) is 14.9. The quantitative estimate of drug-likeness (QED) is 0.541. The van der Waals surface area contributed by atoms with Gasteiger partial charge in [0.2, 0.25) is 0 Å². The first kappa shape index (κ1) is 20.0. The first-order chi connectivity index (χ1) is 13.6. The van der Waals surface area contributed by atoms with Gasteiger partial charge in [0.1, 0.15) is 21.6 Å². The van der Waals surface area contributed by atoms with Gasteiger partial charge in [-0.2, -0.15) is 0 Å². The zero-order chi connectivity index (χ0) is 20.1. The second-order valence-electron chi connectivity index (χ2n) is 5.75. The minimum absolute atomic E-state index is 0.165.